The molecule has 2 aromatic heterocycles. The predicted octanol–water partition coefficient (Wildman–Crippen LogP) is 2.90. The Hall–Kier alpha value is -2.47. The van der Waals surface area contributed by atoms with E-state index in [1.807, 2.05) is 42.7 Å². The fourth-order valence-corrected chi connectivity index (χ4v) is 7.74. The van der Waals surface area contributed by atoms with Crippen LogP contribution in [0.4, 0.5) is 0 Å². The summed E-state index contributed by atoms with van der Waals surface area (Å²) in [5, 5.41) is 11.0. The molecule has 0 saturated carbocycles. The van der Waals surface area contributed by atoms with Crippen molar-refractivity contribution in [2.24, 2.45) is 0 Å². The summed E-state index contributed by atoms with van der Waals surface area (Å²) < 4.78 is 5.47. The Kier molecular flexibility index (Phi) is 8.34. The Labute approximate surface area is 225 Å². The Morgan fingerprint density at radius 1 is 1.11 bits per heavy atom. The number of benzene rings is 1. The first-order valence-corrected chi connectivity index (χ1v) is 14.5. The van der Waals surface area contributed by atoms with Crippen molar-refractivity contribution in [1.29, 1.82) is 0 Å². The predicted molar refractivity (Wildman–Crippen MR) is 152 cm³/mol. The summed E-state index contributed by atoms with van der Waals surface area (Å²) in [6.07, 6.45) is 3.54. The fraction of sp³-hybridized carbons (Fsp3) is 0.360. The van der Waals surface area contributed by atoms with E-state index in [4.69, 9.17) is 12.2 Å². The van der Waals surface area contributed by atoms with Gasteiger partial charge in [-0.1, -0.05) is 78.5 Å². The molecule has 0 atom stereocenters. The molecule has 1 fully saturated rings. The third kappa shape index (κ3) is 5.44. The number of thiazole rings is 2. The molecule has 0 aliphatic carbocycles. The van der Waals surface area contributed by atoms with Gasteiger partial charge in [0.05, 0.1) is 15.3 Å². The van der Waals surface area contributed by atoms with Crippen molar-refractivity contribution in [3.05, 3.63) is 74.5 Å². The number of thiocarbonyl (C=S) groups is 1. The first-order chi connectivity index (χ1) is 17.2. The standard InChI is InChI=1S/C25H27N3O4S4/c1-4-6-11-27-20(22-26(5-2)14-19(33)35-22)25(32)36-23(27)24-28(13-18(29)30)21(31)17(34-24)12-16-9-7-15(3)8-10-16/h7-10,12H,4-6,11,13-14H2,1-3H3,(H,29,30)/b17-12?,22-20+,24-23+. The van der Waals surface area contributed by atoms with Gasteiger partial charge in [-0.15, -0.1) is 11.3 Å². The molecule has 7 nitrogen and oxygen atoms in total. The molecule has 1 aliphatic heterocycles. The van der Waals surface area contributed by atoms with Crippen LogP contribution < -0.4 is 20.2 Å². The number of unbranched alkanes of at least 4 members (excludes halogenated alkanes) is 1. The Bertz CT molecular complexity index is 1640. The molecule has 0 spiro atoms. The fourth-order valence-electron chi connectivity index (χ4n) is 3.95. The number of carboxylic acid groups (broad SMARTS) is 1. The number of aryl methyl sites for hydroxylation is 1. The molecule has 0 bridgehead atoms. The topological polar surface area (TPSA) is 84.5 Å². The van der Waals surface area contributed by atoms with Crippen LogP contribution in [-0.4, -0.2) is 42.4 Å². The summed E-state index contributed by atoms with van der Waals surface area (Å²) in [4.78, 5) is 40.5. The first kappa shape index (κ1) is 26.6. The number of rotatable bonds is 7. The zero-order valence-electron chi connectivity index (χ0n) is 20.3. The Morgan fingerprint density at radius 3 is 2.44 bits per heavy atom. The molecular weight excluding hydrogens is 535 g/mol. The number of aromatic nitrogens is 2. The molecule has 0 amide bonds. The highest BCUT2D eigenvalue weighted by Crippen LogP contribution is 2.30. The van der Waals surface area contributed by atoms with Crippen molar-refractivity contribution >= 4 is 67.9 Å². The second-order valence-electron chi connectivity index (χ2n) is 8.45. The van der Waals surface area contributed by atoms with Crippen molar-refractivity contribution in [3.8, 4) is 0 Å². The molecule has 190 valence electrons. The van der Waals surface area contributed by atoms with Crippen molar-refractivity contribution < 1.29 is 9.90 Å². The van der Waals surface area contributed by atoms with Gasteiger partial charge in [0.2, 0.25) is 0 Å². The van der Waals surface area contributed by atoms with Crippen LogP contribution in [0.2, 0.25) is 0 Å². The summed E-state index contributed by atoms with van der Waals surface area (Å²) in [5.74, 6) is -1.11. The van der Waals surface area contributed by atoms with E-state index in [2.05, 4.69) is 11.8 Å². The first-order valence-electron chi connectivity index (χ1n) is 11.7. The third-order valence-corrected chi connectivity index (χ3v) is 9.41. The second-order valence-corrected chi connectivity index (χ2v) is 12.3. The van der Waals surface area contributed by atoms with Gasteiger partial charge >= 0.3 is 5.97 Å². The molecule has 0 unspecified atom stereocenters. The minimum Gasteiger partial charge on any atom is -0.480 e. The van der Waals surface area contributed by atoms with Crippen LogP contribution in [-0.2, 0) is 17.9 Å². The number of aliphatic carboxylic acids is 1. The monoisotopic (exact) mass is 561 g/mol. The van der Waals surface area contributed by atoms with Crippen LogP contribution in [0.5, 0.6) is 0 Å². The van der Waals surface area contributed by atoms with Crippen LogP contribution in [0.15, 0.2) is 33.9 Å². The lowest BCUT2D eigenvalue weighted by atomic mass is 10.1. The molecule has 0 radical (unpaired) electrons. The lowest BCUT2D eigenvalue weighted by Crippen LogP contribution is -2.34. The van der Waals surface area contributed by atoms with E-state index >= 15 is 0 Å². The van der Waals surface area contributed by atoms with E-state index in [1.54, 1.807) is 6.08 Å². The lowest BCUT2D eigenvalue weighted by molar-refractivity contribution is -0.137. The highest BCUT2D eigenvalue weighted by Gasteiger charge is 2.25. The molecule has 3 aromatic rings. The molecule has 1 saturated heterocycles. The van der Waals surface area contributed by atoms with Crippen LogP contribution in [0.3, 0.4) is 0 Å². The zero-order chi connectivity index (χ0) is 26.0. The van der Waals surface area contributed by atoms with Gasteiger partial charge in [0, 0.05) is 13.1 Å². The van der Waals surface area contributed by atoms with Gasteiger partial charge in [0.25, 0.3) is 10.3 Å². The molecule has 1 aromatic carbocycles. The number of carboxylic acids is 1. The van der Waals surface area contributed by atoms with Crippen molar-refractivity contribution in [3.63, 3.8) is 0 Å². The van der Waals surface area contributed by atoms with Gasteiger partial charge in [0.1, 0.15) is 26.2 Å². The van der Waals surface area contributed by atoms with Crippen molar-refractivity contribution in [2.75, 3.05) is 13.1 Å². The van der Waals surface area contributed by atoms with E-state index in [-0.39, 0.29) is 10.3 Å². The Balaban J connectivity index is 2.14. The minimum atomic E-state index is -1.11. The SMILES string of the molecule is CCCCn1/c(=c2\sc(=Cc3ccc(C)cc3)c(=O)n2CC(=O)O)sc(=O)/c1=C1\SC(=S)CN1CC. The zero-order valence-corrected chi connectivity index (χ0v) is 23.5. The lowest BCUT2D eigenvalue weighted by Gasteiger charge is -2.15. The summed E-state index contributed by atoms with van der Waals surface area (Å²) >= 11 is 9.18. The van der Waals surface area contributed by atoms with Gasteiger partial charge in [0.15, 0.2) is 0 Å². The van der Waals surface area contributed by atoms with Crippen molar-refractivity contribution in [1.82, 2.24) is 14.0 Å². The number of hydrogen-bond donors (Lipinski definition) is 1. The third-order valence-electron chi connectivity index (χ3n) is 5.79. The van der Waals surface area contributed by atoms with Crippen LogP contribution >= 0.6 is 46.7 Å². The van der Waals surface area contributed by atoms with E-state index in [0.717, 1.165) is 51.1 Å². The van der Waals surface area contributed by atoms with E-state index in [0.29, 0.717) is 32.3 Å². The quantitative estimate of drug-likeness (QED) is 0.444. The smallest absolute Gasteiger partial charge is 0.323 e. The molecule has 1 N–H and O–H groups in total. The van der Waals surface area contributed by atoms with Gasteiger partial charge in [-0.2, -0.15) is 0 Å². The maximum atomic E-state index is 13.4. The van der Waals surface area contributed by atoms with E-state index < -0.39 is 12.5 Å². The molecule has 36 heavy (non-hydrogen) atoms. The van der Waals surface area contributed by atoms with Crippen molar-refractivity contribution in [2.45, 2.75) is 46.7 Å². The number of hydrogen-bond acceptors (Lipinski definition) is 8. The number of carbonyl (C=O) groups is 1. The molecule has 3 heterocycles. The second kappa shape index (κ2) is 11.3. The van der Waals surface area contributed by atoms with Gasteiger partial charge in [-0.25, -0.2) is 0 Å². The molecule has 1 aliphatic rings. The van der Waals surface area contributed by atoms with Gasteiger partial charge < -0.3 is 14.6 Å². The summed E-state index contributed by atoms with van der Waals surface area (Å²) in [6.45, 7) is 7.54. The maximum Gasteiger partial charge on any atom is 0.323 e. The molecular formula is C25H27N3O4S4. The van der Waals surface area contributed by atoms with E-state index in [1.165, 1.54) is 27.7 Å². The minimum absolute atomic E-state index is 0.112. The van der Waals surface area contributed by atoms with E-state index in [9.17, 15) is 19.5 Å². The largest absolute Gasteiger partial charge is 0.480 e. The summed E-state index contributed by atoms with van der Waals surface area (Å²) in [7, 11) is 0. The molecule has 4 rings (SSSR count). The van der Waals surface area contributed by atoms with Crippen LogP contribution in [0.1, 0.15) is 37.8 Å². The maximum absolute atomic E-state index is 13.4. The number of nitrogens with zero attached hydrogens (tertiary/aromatic N) is 3. The highest BCUT2D eigenvalue weighted by atomic mass is 32.2. The average Bonchev–Trinajstić information content (AvgIpc) is 3.46. The van der Waals surface area contributed by atoms with Crippen LogP contribution in [0.25, 0.3) is 11.1 Å². The van der Waals surface area contributed by atoms with Crippen LogP contribution in [0, 0.1) is 16.2 Å². The summed E-state index contributed by atoms with van der Waals surface area (Å²) in [6, 6.07) is 7.77. The van der Waals surface area contributed by atoms with Gasteiger partial charge in [-0.05, 0) is 31.9 Å². The normalized spacial score (nSPS) is 16.8. The van der Waals surface area contributed by atoms with Gasteiger partial charge in [-0.3, -0.25) is 19.0 Å². The number of thioether (sulfide) groups is 1. The Morgan fingerprint density at radius 2 is 1.81 bits per heavy atom. The highest BCUT2D eigenvalue weighted by molar-refractivity contribution is 8.29. The summed E-state index contributed by atoms with van der Waals surface area (Å²) in [5.41, 5.74) is 1.59. The average molecular weight is 562 g/mol. The molecule has 11 heteroatoms.